The molecule has 0 radical (unpaired) electrons. The Morgan fingerprint density at radius 3 is 2.21 bits per heavy atom. The molecule has 1 aliphatic rings. The largest absolute Gasteiger partial charge is 0.449 e. The maximum absolute atomic E-state index is 12.1. The average molecular weight is 404 g/mol. The fraction of sp³-hybridized carbons (Fsp3) is 0.160. The normalized spacial score (nSPS) is 12.6. The van der Waals surface area contributed by atoms with E-state index < -0.39 is 0 Å². The van der Waals surface area contributed by atoms with Crippen molar-refractivity contribution in [2.75, 3.05) is 13.2 Å². The van der Waals surface area contributed by atoms with E-state index in [1.807, 2.05) is 60.7 Å². The fourth-order valence-corrected chi connectivity index (χ4v) is 3.83. The molecule has 1 N–H and O–H groups in total. The maximum atomic E-state index is 12.1. The van der Waals surface area contributed by atoms with Crippen LogP contribution in [-0.4, -0.2) is 19.2 Å². The summed E-state index contributed by atoms with van der Waals surface area (Å²) >= 11 is 5.88. The molecule has 3 nitrogen and oxygen atoms in total. The first-order valence-electron chi connectivity index (χ1n) is 9.73. The van der Waals surface area contributed by atoms with Gasteiger partial charge in [-0.2, -0.15) is 0 Å². The number of rotatable bonds is 6. The van der Waals surface area contributed by atoms with Crippen LogP contribution in [-0.2, 0) is 4.74 Å². The van der Waals surface area contributed by atoms with Gasteiger partial charge in [-0.1, -0.05) is 84.4 Å². The van der Waals surface area contributed by atoms with E-state index >= 15 is 0 Å². The Hall–Kier alpha value is -3.04. The van der Waals surface area contributed by atoms with E-state index in [0.717, 1.165) is 17.0 Å². The van der Waals surface area contributed by atoms with Crippen molar-refractivity contribution in [1.82, 2.24) is 5.32 Å². The molecule has 0 aliphatic heterocycles. The topological polar surface area (TPSA) is 38.3 Å². The first-order valence-corrected chi connectivity index (χ1v) is 10.1. The van der Waals surface area contributed by atoms with Crippen LogP contribution in [0.1, 0.15) is 29.0 Å². The van der Waals surface area contributed by atoms with Gasteiger partial charge in [0.1, 0.15) is 6.61 Å². The highest BCUT2D eigenvalue weighted by atomic mass is 35.5. The summed E-state index contributed by atoms with van der Waals surface area (Å²) in [6.07, 6.45) is 4.38. The number of benzene rings is 3. The smallest absolute Gasteiger partial charge is 0.407 e. The minimum Gasteiger partial charge on any atom is -0.449 e. The third kappa shape index (κ3) is 4.52. The van der Waals surface area contributed by atoms with Crippen LogP contribution in [0.15, 0.2) is 78.9 Å². The summed E-state index contributed by atoms with van der Waals surface area (Å²) in [5, 5.41) is 3.54. The molecule has 1 aliphatic carbocycles. The van der Waals surface area contributed by atoms with E-state index in [1.165, 1.54) is 22.3 Å². The fourth-order valence-electron chi connectivity index (χ4n) is 3.70. The Balaban J connectivity index is 1.27. The molecule has 0 atom stereocenters. The number of ether oxygens (including phenoxy) is 1. The Kier molecular flexibility index (Phi) is 5.97. The van der Waals surface area contributed by atoms with E-state index in [1.54, 1.807) is 0 Å². The van der Waals surface area contributed by atoms with Crippen molar-refractivity contribution in [2.45, 2.75) is 12.3 Å². The van der Waals surface area contributed by atoms with Gasteiger partial charge in [0.05, 0.1) is 0 Å². The van der Waals surface area contributed by atoms with E-state index in [-0.39, 0.29) is 12.0 Å². The number of alkyl carbamates (subject to hydrolysis) is 1. The Bertz CT molecular complexity index is 982. The zero-order chi connectivity index (χ0) is 20.1. The predicted octanol–water partition coefficient (Wildman–Crippen LogP) is 6.28. The van der Waals surface area contributed by atoms with Gasteiger partial charge in [0.2, 0.25) is 0 Å². The monoisotopic (exact) mass is 403 g/mol. The second kappa shape index (κ2) is 8.97. The predicted molar refractivity (Wildman–Crippen MR) is 118 cm³/mol. The van der Waals surface area contributed by atoms with E-state index in [4.69, 9.17) is 16.3 Å². The molecule has 0 saturated heterocycles. The van der Waals surface area contributed by atoms with Crippen molar-refractivity contribution in [3.05, 3.63) is 101 Å². The van der Waals surface area contributed by atoms with Gasteiger partial charge in [0.25, 0.3) is 0 Å². The third-order valence-corrected chi connectivity index (χ3v) is 5.36. The molecule has 146 valence electrons. The summed E-state index contributed by atoms with van der Waals surface area (Å²) in [5.74, 6) is 0.0814. The standard InChI is InChI=1S/C25H22ClNO2/c26-19-14-12-18(13-15-19)7-5-6-16-27-25(28)29-17-24-22-10-3-1-8-20(22)21-9-2-4-11-23(21)24/h1-5,7-15,24H,6,16-17H2,(H,27,28). The molecule has 29 heavy (non-hydrogen) atoms. The molecule has 0 saturated carbocycles. The summed E-state index contributed by atoms with van der Waals surface area (Å²) in [7, 11) is 0. The lowest BCUT2D eigenvalue weighted by atomic mass is 9.98. The minimum absolute atomic E-state index is 0.0814. The highest BCUT2D eigenvalue weighted by Crippen LogP contribution is 2.44. The van der Waals surface area contributed by atoms with Gasteiger partial charge >= 0.3 is 6.09 Å². The zero-order valence-electron chi connectivity index (χ0n) is 16.0. The molecule has 0 aromatic heterocycles. The number of amides is 1. The van der Waals surface area contributed by atoms with Crippen molar-refractivity contribution in [1.29, 1.82) is 0 Å². The van der Waals surface area contributed by atoms with E-state index in [2.05, 4.69) is 29.6 Å². The first kappa shape index (κ1) is 19.3. The molecular weight excluding hydrogens is 382 g/mol. The Labute approximate surface area is 176 Å². The van der Waals surface area contributed by atoms with Gasteiger partial charge < -0.3 is 10.1 Å². The maximum Gasteiger partial charge on any atom is 0.407 e. The van der Waals surface area contributed by atoms with Gasteiger partial charge in [-0.25, -0.2) is 4.79 Å². The van der Waals surface area contributed by atoms with Crippen molar-refractivity contribution < 1.29 is 9.53 Å². The lowest BCUT2D eigenvalue weighted by Crippen LogP contribution is -2.26. The number of carbonyl (C=O) groups excluding carboxylic acids is 1. The van der Waals surface area contributed by atoms with Crippen LogP contribution >= 0.6 is 11.6 Å². The van der Waals surface area contributed by atoms with Gasteiger partial charge in [0.15, 0.2) is 0 Å². The molecule has 0 fully saturated rings. The van der Waals surface area contributed by atoms with Crippen molar-refractivity contribution in [2.24, 2.45) is 0 Å². The first-order chi connectivity index (χ1) is 14.2. The van der Waals surface area contributed by atoms with E-state index in [0.29, 0.717) is 13.2 Å². The second-order valence-corrected chi connectivity index (χ2v) is 7.43. The van der Waals surface area contributed by atoms with Crippen molar-refractivity contribution in [3.63, 3.8) is 0 Å². The number of carbonyl (C=O) groups is 1. The molecule has 3 aromatic carbocycles. The molecule has 3 aromatic rings. The van der Waals surface area contributed by atoms with Crippen molar-refractivity contribution in [3.8, 4) is 11.1 Å². The van der Waals surface area contributed by atoms with Crippen LogP contribution in [0.5, 0.6) is 0 Å². The number of halogens is 1. The minimum atomic E-state index is -0.383. The molecular formula is C25H22ClNO2. The average Bonchev–Trinajstić information content (AvgIpc) is 3.07. The van der Waals surface area contributed by atoms with Crippen LogP contribution < -0.4 is 5.32 Å². The molecule has 0 heterocycles. The summed E-state index contributed by atoms with van der Waals surface area (Å²) in [6.45, 7) is 0.862. The SMILES string of the molecule is O=C(NCCC=Cc1ccc(Cl)cc1)OCC1c2ccccc2-c2ccccc21. The van der Waals surface area contributed by atoms with Gasteiger partial charge in [-0.3, -0.25) is 0 Å². The molecule has 4 rings (SSSR count). The summed E-state index contributed by atoms with van der Waals surface area (Å²) in [6, 6.07) is 24.3. The van der Waals surface area contributed by atoms with Crippen LogP contribution in [0.25, 0.3) is 17.2 Å². The Morgan fingerprint density at radius 2 is 1.55 bits per heavy atom. The molecule has 4 heteroatoms. The quantitative estimate of drug-likeness (QED) is 0.491. The van der Waals surface area contributed by atoms with Crippen LogP contribution in [0.4, 0.5) is 4.79 Å². The highest BCUT2D eigenvalue weighted by molar-refractivity contribution is 6.30. The Morgan fingerprint density at radius 1 is 0.931 bits per heavy atom. The number of hydrogen-bond donors (Lipinski definition) is 1. The van der Waals surface area contributed by atoms with Crippen molar-refractivity contribution >= 4 is 23.8 Å². The van der Waals surface area contributed by atoms with Gasteiger partial charge in [0, 0.05) is 17.5 Å². The van der Waals surface area contributed by atoms with Crippen LogP contribution in [0, 0.1) is 0 Å². The van der Waals surface area contributed by atoms with E-state index in [9.17, 15) is 4.79 Å². The molecule has 1 amide bonds. The summed E-state index contributed by atoms with van der Waals surface area (Å²) < 4.78 is 5.53. The summed E-state index contributed by atoms with van der Waals surface area (Å²) in [5.41, 5.74) is 5.96. The lowest BCUT2D eigenvalue weighted by Gasteiger charge is -2.14. The third-order valence-electron chi connectivity index (χ3n) is 5.10. The number of nitrogens with one attached hydrogen (secondary N) is 1. The van der Waals surface area contributed by atoms with Gasteiger partial charge in [-0.05, 0) is 46.4 Å². The molecule has 0 bridgehead atoms. The summed E-state index contributed by atoms with van der Waals surface area (Å²) in [4.78, 5) is 12.1. The van der Waals surface area contributed by atoms with Crippen LogP contribution in [0.3, 0.4) is 0 Å². The zero-order valence-corrected chi connectivity index (χ0v) is 16.7. The highest BCUT2D eigenvalue weighted by Gasteiger charge is 2.28. The van der Waals surface area contributed by atoms with Gasteiger partial charge in [-0.15, -0.1) is 0 Å². The molecule has 0 spiro atoms. The molecule has 0 unspecified atom stereocenters. The van der Waals surface area contributed by atoms with Crippen LogP contribution in [0.2, 0.25) is 5.02 Å². The lowest BCUT2D eigenvalue weighted by molar-refractivity contribution is 0.143. The number of hydrogen-bond acceptors (Lipinski definition) is 2. The number of fused-ring (bicyclic) bond motifs is 3. The second-order valence-electron chi connectivity index (χ2n) is 6.99.